The number of aliphatic carboxylic acids is 1. The van der Waals surface area contributed by atoms with Crippen LogP contribution in [0.15, 0.2) is 24.3 Å². The largest absolute Gasteiger partial charge is 0.481 e. The third-order valence-electron chi connectivity index (χ3n) is 4.89. The molecule has 3 rings (SSSR count). The number of benzene rings is 1. The van der Waals surface area contributed by atoms with E-state index in [9.17, 15) is 9.90 Å². The molecule has 0 spiro atoms. The van der Waals surface area contributed by atoms with Crippen LogP contribution in [0, 0.1) is 0 Å². The van der Waals surface area contributed by atoms with Crippen molar-refractivity contribution >= 4 is 5.97 Å². The minimum absolute atomic E-state index is 0.0623. The summed E-state index contributed by atoms with van der Waals surface area (Å²) in [6.07, 6.45) is 4.19. The zero-order chi connectivity index (χ0) is 14.4. The summed E-state index contributed by atoms with van der Waals surface area (Å²) in [5, 5.41) is 9.85. The van der Waals surface area contributed by atoms with Gasteiger partial charge in [0.1, 0.15) is 0 Å². The number of carboxylic acids is 1. The number of fused-ring (bicyclic) bond motifs is 1. The van der Waals surface area contributed by atoms with Gasteiger partial charge < -0.3 is 9.84 Å². The fourth-order valence-corrected chi connectivity index (χ4v) is 3.82. The summed E-state index contributed by atoms with van der Waals surface area (Å²) in [7, 11) is 0. The summed E-state index contributed by atoms with van der Waals surface area (Å²) in [4.78, 5) is 12.0. The van der Waals surface area contributed by atoms with Gasteiger partial charge in [0.2, 0.25) is 0 Å². The summed E-state index contributed by atoms with van der Waals surface area (Å²) in [6, 6.07) is 7.98. The lowest BCUT2D eigenvalue weighted by molar-refractivity contribution is -0.146. The molecule has 2 aliphatic rings. The van der Waals surface area contributed by atoms with Crippen molar-refractivity contribution in [3.8, 4) is 0 Å². The van der Waals surface area contributed by atoms with E-state index in [1.165, 1.54) is 5.56 Å². The average molecular weight is 274 g/mol. The Balaban J connectivity index is 1.90. The number of rotatable bonds is 3. The normalized spacial score (nSPS) is 31.2. The van der Waals surface area contributed by atoms with E-state index in [2.05, 4.69) is 19.9 Å². The van der Waals surface area contributed by atoms with Crippen molar-refractivity contribution in [2.24, 2.45) is 0 Å². The quantitative estimate of drug-likeness (QED) is 0.920. The number of ether oxygens (including phenoxy) is 1. The van der Waals surface area contributed by atoms with Crippen molar-refractivity contribution < 1.29 is 14.6 Å². The van der Waals surface area contributed by atoms with Crippen molar-refractivity contribution in [3.05, 3.63) is 35.4 Å². The van der Waals surface area contributed by atoms with Gasteiger partial charge in [-0.3, -0.25) is 4.79 Å². The highest BCUT2D eigenvalue weighted by Gasteiger charge is 2.48. The standard InChI is InChI=1S/C17H22O3/c1-16(2)9-8-13(20-16)11-17(15(18)19)10-7-12-5-3-4-6-14(12)17/h3-6,13H,7-11H2,1-2H3,(H,18,19). The molecule has 3 nitrogen and oxygen atoms in total. The molecule has 0 aromatic heterocycles. The lowest BCUT2D eigenvalue weighted by atomic mass is 9.76. The van der Waals surface area contributed by atoms with Gasteiger partial charge in [0.05, 0.1) is 17.1 Å². The van der Waals surface area contributed by atoms with Gasteiger partial charge in [-0.1, -0.05) is 24.3 Å². The Hall–Kier alpha value is -1.35. The Morgan fingerprint density at radius 3 is 2.75 bits per heavy atom. The van der Waals surface area contributed by atoms with Crippen LogP contribution in [0.5, 0.6) is 0 Å². The SMILES string of the molecule is CC1(C)CCC(CC2(C(=O)O)CCc3ccccc32)O1. The minimum atomic E-state index is -0.748. The summed E-state index contributed by atoms with van der Waals surface area (Å²) in [6.45, 7) is 4.17. The first-order chi connectivity index (χ1) is 9.43. The molecule has 1 N–H and O–H groups in total. The van der Waals surface area contributed by atoms with Crippen LogP contribution in [-0.2, 0) is 21.4 Å². The number of carbonyl (C=O) groups is 1. The summed E-state index contributed by atoms with van der Waals surface area (Å²) < 4.78 is 6.04. The summed E-state index contributed by atoms with van der Waals surface area (Å²) >= 11 is 0. The van der Waals surface area contributed by atoms with Crippen molar-refractivity contribution in [2.45, 2.75) is 63.1 Å². The van der Waals surface area contributed by atoms with Gasteiger partial charge in [-0.2, -0.15) is 0 Å². The van der Waals surface area contributed by atoms with Crippen LogP contribution in [0.25, 0.3) is 0 Å². The molecule has 1 aromatic carbocycles. The Labute approximate surface area is 120 Å². The molecule has 2 unspecified atom stereocenters. The third-order valence-corrected chi connectivity index (χ3v) is 4.89. The first kappa shape index (κ1) is 13.6. The van der Waals surface area contributed by atoms with Gasteiger partial charge in [0.25, 0.3) is 0 Å². The lowest BCUT2D eigenvalue weighted by Gasteiger charge is -2.29. The molecule has 0 saturated carbocycles. The van der Waals surface area contributed by atoms with Crippen LogP contribution in [0.4, 0.5) is 0 Å². The molecule has 2 atom stereocenters. The Bertz CT molecular complexity index is 535. The predicted molar refractivity (Wildman–Crippen MR) is 76.9 cm³/mol. The Morgan fingerprint density at radius 1 is 1.35 bits per heavy atom. The second-order valence-corrected chi connectivity index (χ2v) is 6.79. The van der Waals surface area contributed by atoms with Gasteiger partial charge in [0.15, 0.2) is 0 Å². The summed E-state index contributed by atoms with van der Waals surface area (Å²) in [5.41, 5.74) is 1.33. The van der Waals surface area contributed by atoms with Crippen molar-refractivity contribution in [3.63, 3.8) is 0 Å². The van der Waals surface area contributed by atoms with Gasteiger partial charge in [0, 0.05) is 0 Å². The molecule has 1 aromatic rings. The van der Waals surface area contributed by atoms with Crippen LogP contribution in [0.2, 0.25) is 0 Å². The van der Waals surface area contributed by atoms with E-state index in [4.69, 9.17) is 4.74 Å². The molecule has 1 aliphatic heterocycles. The number of hydrogen-bond acceptors (Lipinski definition) is 2. The van der Waals surface area contributed by atoms with Crippen LogP contribution < -0.4 is 0 Å². The van der Waals surface area contributed by atoms with E-state index in [0.717, 1.165) is 24.8 Å². The fourth-order valence-electron chi connectivity index (χ4n) is 3.82. The fraction of sp³-hybridized carbons (Fsp3) is 0.588. The van der Waals surface area contributed by atoms with E-state index in [0.29, 0.717) is 12.8 Å². The third kappa shape index (κ3) is 2.14. The highest BCUT2D eigenvalue weighted by molar-refractivity contribution is 5.83. The first-order valence-electron chi connectivity index (χ1n) is 7.43. The van der Waals surface area contributed by atoms with Crippen molar-refractivity contribution in [1.82, 2.24) is 0 Å². The molecule has 0 radical (unpaired) electrons. The molecule has 20 heavy (non-hydrogen) atoms. The number of hydrogen-bond donors (Lipinski definition) is 1. The number of carboxylic acid groups (broad SMARTS) is 1. The lowest BCUT2D eigenvalue weighted by Crippen LogP contribution is -2.37. The molecule has 0 bridgehead atoms. The van der Waals surface area contributed by atoms with E-state index < -0.39 is 11.4 Å². The monoisotopic (exact) mass is 274 g/mol. The second-order valence-electron chi connectivity index (χ2n) is 6.79. The average Bonchev–Trinajstić information content (AvgIpc) is 2.92. The van der Waals surface area contributed by atoms with Crippen LogP contribution in [-0.4, -0.2) is 22.8 Å². The van der Waals surface area contributed by atoms with Crippen molar-refractivity contribution in [2.75, 3.05) is 0 Å². The van der Waals surface area contributed by atoms with Gasteiger partial charge in [-0.05, 0) is 57.1 Å². The minimum Gasteiger partial charge on any atom is -0.481 e. The zero-order valence-electron chi connectivity index (χ0n) is 12.2. The molecule has 1 aliphatic carbocycles. The van der Waals surface area contributed by atoms with Crippen molar-refractivity contribution in [1.29, 1.82) is 0 Å². The maximum atomic E-state index is 12.0. The number of aryl methyl sites for hydroxylation is 1. The summed E-state index contributed by atoms with van der Waals surface area (Å²) in [5.74, 6) is -0.698. The van der Waals surface area contributed by atoms with Crippen LogP contribution in [0.3, 0.4) is 0 Å². The molecule has 1 saturated heterocycles. The van der Waals surface area contributed by atoms with Crippen LogP contribution >= 0.6 is 0 Å². The molecular weight excluding hydrogens is 252 g/mol. The van der Waals surface area contributed by atoms with Gasteiger partial charge in [-0.25, -0.2) is 0 Å². The Morgan fingerprint density at radius 2 is 2.10 bits per heavy atom. The topological polar surface area (TPSA) is 46.5 Å². The zero-order valence-corrected chi connectivity index (χ0v) is 12.2. The van der Waals surface area contributed by atoms with E-state index in [1.807, 2.05) is 18.2 Å². The van der Waals surface area contributed by atoms with Crippen LogP contribution in [0.1, 0.15) is 50.7 Å². The predicted octanol–water partition coefficient (Wildman–Crippen LogP) is 3.30. The maximum absolute atomic E-state index is 12.0. The van der Waals surface area contributed by atoms with E-state index in [1.54, 1.807) is 0 Å². The first-order valence-corrected chi connectivity index (χ1v) is 7.43. The molecule has 0 amide bonds. The van der Waals surface area contributed by atoms with Gasteiger partial charge in [-0.15, -0.1) is 0 Å². The molecule has 3 heteroatoms. The molecule has 108 valence electrons. The maximum Gasteiger partial charge on any atom is 0.314 e. The van der Waals surface area contributed by atoms with E-state index >= 15 is 0 Å². The molecular formula is C17H22O3. The Kier molecular flexibility index (Phi) is 3.13. The molecule has 1 fully saturated rings. The smallest absolute Gasteiger partial charge is 0.314 e. The van der Waals surface area contributed by atoms with E-state index in [-0.39, 0.29) is 11.7 Å². The molecule has 1 heterocycles. The highest BCUT2D eigenvalue weighted by atomic mass is 16.5. The highest BCUT2D eigenvalue weighted by Crippen LogP contribution is 2.45. The van der Waals surface area contributed by atoms with Gasteiger partial charge >= 0.3 is 5.97 Å². The second kappa shape index (κ2) is 4.59.